The number of halogens is 2. The van der Waals surface area contributed by atoms with Crippen LogP contribution in [-0.4, -0.2) is 24.5 Å². The number of para-hydroxylation sites is 1. The van der Waals surface area contributed by atoms with Crippen LogP contribution in [0.5, 0.6) is 5.75 Å². The fourth-order valence-corrected chi connectivity index (χ4v) is 4.79. The van der Waals surface area contributed by atoms with Gasteiger partial charge in [0.05, 0.1) is 17.0 Å². The Hall–Kier alpha value is -2.90. The van der Waals surface area contributed by atoms with Gasteiger partial charge in [-0.15, -0.1) is 0 Å². The van der Waals surface area contributed by atoms with Crippen molar-refractivity contribution in [1.29, 1.82) is 0 Å². The third kappa shape index (κ3) is 3.16. The summed E-state index contributed by atoms with van der Waals surface area (Å²) >= 11 is 6.39. The maximum Gasteiger partial charge on any atom is 0.269 e. The van der Waals surface area contributed by atoms with E-state index in [-0.39, 0.29) is 16.3 Å². The van der Waals surface area contributed by atoms with Gasteiger partial charge in [0.1, 0.15) is 0 Å². The highest BCUT2D eigenvalue weighted by atomic mass is 35.5. The average molecular weight is 431 g/mol. The molecule has 0 radical (unpaired) electrons. The Bertz CT molecular complexity index is 1330. The molecule has 0 bridgehead atoms. The summed E-state index contributed by atoms with van der Waals surface area (Å²) < 4.78 is 47.2. The van der Waals surface area contributed by atoms with Crippen LogP contribution < -0.4 is 4.74 Å². The number of hydrogen-bond donors (Lipinski definition) is 0. The maximum atomic E-state index is 14.3. The molecule has 0 aliphatic rings. The van der Waals surface area contributed by atoms with E-state index in [9.17, 15) is 12.8 Å². The average Bonchev–Trinajstić information content (AvgIpc) is 3.10. The first kappa shape index (κ1) is 19.4. The molecule has 0 aliphatic heterocycles. The van der Waals surface area contributed by atoms with Crippen molar-refractivity contribution in [3.63, 3.8) is 0 Å². The Morgan fingerprint density at radius 1 is 1.07 bits per heavy atom. The number of ether oxygens (including phenoxy) is 1. The van der Waals surface area contributed by atoms with Crippen molar-refractivity contribution in [3.05, 3.63) is 77.3 Å². The molecule has 0 atom stereocenters. The van der Waals surface area contributed by atoms with Gasteiger partial charge in [0.25, 0.3) is 10.0 Å². The van der Waals surface area contributed by atoms with Crippen LogP contribution in [0.15, 0.2) is 65.8 Å². The number of methoxy groups -OCH3 is 1. The first-order chi connectivity index (χ1) is 13.8. The van der Waals surface area contributed by atoms with Gasteiger partial charge in [0.15, 0.2) is 17.2 Å². The first-order valence-electron chi connectivity index (χ1n) is 8.65. The van der Waals surface area contributed by atoms with Crippen molar-refractivity contribution in [2.45, 2.75) is 11.8 Å². The van der Waals surface area contributed by atoms with Crippen LogP contribution in [0.3, 0.4) is 0 Å². The van der Waals surface area contributed by atoms with Gasteiger partial charge in [-0.25, -0.2) is 21.8 Å². The molecular formula is C21H16ClFN2O3S. The lowest BCUT2D eigenvalue weighted by Crippen LogP contribution is -2.12. The minimum absolute atomic E-state index is 0.000737. The number of hydrogen-bond acceptors (Lipinski definition) is 4. The van der Waals surface area contributed by atoms with Crippen molar-refractivity contribution in [2.75, 3.05) is 7.11 Å². The predicted octanol–water partition coefficient (Wildman–Crippen LogP) is 5.05. The van der Waals surface area contributed by atoms with Crippen molar-refractivity contribution in [1.82, 2.24) is 8.96 Å². The summed E-state index contributed by atoms with van der Waals surface area (Å²) in [5.74, 6) is -0.563. The molecule has 0 amide bonds. The highest BCUT2D eigenvalue weighted by molar-refractivity contribution is 7.90. The molecule has 0 unspecified atom stereocenters. The lowest BCUT2D eigenvalue weighted by Gasteiger charge is -2.08. The molecule has 5 nitrogen and oxygen atoms in total. The van der Waals surface area contributed by atoms with Crippen molar-refractivity contribution >= 4 is 32.7 Å². The molecule has 2 aromatic heterocycles. The molecule has 2 heterocycles. The molecular weight excluding hydrogens is 415 g/mol. The lowest BCUT2D eigenvalue weighted by atomic mass is 10.0. The van der Waals surface area contributed by atoms with E-state index in [2.05, 4.69) is 4.98 Å². The smallest absolute Gasteiger partial charge is 0.269 e. The Kier molecular flexibility index (Phi) is 4.80. The monoisotopic (exact) mass is 430 g/mol. The standard InChI is InChI=1S/C21H16ClFN2O3S/c1-13-6-8-14(9-7-13)29(26,27)25-12-16(19-17(22)10-11-24-21(19)25)15-4-3-5-18(23)20(15)28-2/h3-12H,1-2H3. The summed E-state index contributed by atoms with van der Waals surface area (Å²) in [6.45, 7) is 1.87. The van der Waals surface area contributed by atoms with Gasteiger partial charge in [0.2, 0.25) is 0 Å². The van der Waals surface area contributed by atoms with E-state index in [0.717, 1.165) is 9.54 Å². The highest BCUT2D eigenvalue weighted by Crippen LogP contribution is 2.40. The van der Waals surface area contributed by atoms with E-state index < -0.39 is 15.8 Å². The molecule has 0 fully saturated rings. The molecule has 0 aliphatic carbocycles. The number of fused-ring (bicyclic) bond motifs is 1. The Balaban J connectivity index is 2.06. The van der Waals surface area contributed by atoms with Crippen molar-refractivity contribution in [2.24, 2.45) is 0 Å². The summed E-state index contributed by atoms with van der Waals surface area (Å²) in [6.07, 6.45) is 2.83. The van der Waals surface area contributed by atoms with Crippen molar-refractivity contribution in [3.8, 4) is 16.9 Å². The summed E-state index contributed by atoms with van der Waals surface area (Å²) in [4.78, 5) is 4.35. The predicted molar refractivity (Wildman–Crippen MR) is 110 cm³/mol. The molecule has 0 saturated carbocycles. The Labute approximate surface area is 172 Å². The molecule has 4 rings (SSSR count). The minimum Gasteiger partial charge on any atom is -0.493 e. The van der Waals surface area contributed by atoms with Crippen LogP contribution in [0.25, 0.3) is 22.2 Å². The van der Waals surface area contributed by atoms with Crippen molar-refractivity contribution < 1.29 is 17.5 Å². The highest BCUT2D eigenvalue weighted by Gasteiger charge is 2.25. The normalized spacial score (nSPS) is 11.7. The van der Waals surface area contributed by atoms with Crippen LogP contribution in [-0.2, 0) is 10.0 Å². The molecule has 8 heteroatoms. The first-order valence-corrected chi connectivity index (χ1v) is 10.5. The zero-order valence-corrected chi connectivity index (χ0v) is 17.1. The van der Waals surface area contributed by atoms with Gasteiger partial charge < -0.3 is 4.74 Å². The molecule has 4 aromatic rings. The van der Waals surface area contributed by atoms with Crippen LogP contribution in [0, 0.1) is 12.7 Å². The van der Waals surface area contributed by atoms with E-state index in [1.807, 2.05) is 6.92 Å². The summed E-state index contributed by atoms with van der Waals surface area (Å²) in [5, 5.41) is 0.697. The second-order valence-corrected chi connectivity index (χ2v) is 8.69. The maximum absolute atomic E-state index is 14.3. The van der Waals surface area contributed by atoms with Crippen LogP contribution in [0.1, 0.15) is 5.56 Å². The molecule has 148 valence electrons. The fraction of sp³-hybridized carbons (Fsp3) is 0.0952. The molecule has 0 saturated heterocycles. The lowest BCUT2D eigenvalue weighted by molar-refractivity contribution is 0.388. The van der Waals surface area contributed by atoms with Gasteiger partial charge >= 0.3 is 0 Å². The van der Waals surface area contributed by atoms with Crippen LogP contribution >= 0.6 is 11.6 Å². The number of nitrogens with zero attached hydrogens (tertiary/aromatic N) is 2. The molecule has 2 aromatic carbocycles. The van der Waals surface area contributed by atoms with E-state index in [0.29, 0.717) is 21.5 Å². The van der Waals surface area contributed by atoms with Crippen LogP contribution in [0.4, 0.5) is 4.39 Å². The number of benzene rings is 2. The van der Waals surface area contributed by atoms with Crippen LogP contribution in [0.2, 0.25) is 5.02 Å². The largest absolute Gasteiger partial charge is 0.493 e. The Morgan fingerprint density at radius 2 is 1.79 bits per heavy atom. The zero-order valence-electron chi connectivity index (χ0n) is 15.6. The number of pyridine rings is 1. The minimum atomic E-state index is -3.95. The summed E-state index contributed by atoms with van der Waals surface area (Å²) in [7, 11) is -2.60. The zero-order chi connectivity index (χ0) is 20.8. The summed E-state index contributed by atoms with van der Waals surface area (Å²) in [5.41, 5.74) is 1.88. The molecule has 0 N–H and O–H groups in total. The van der Waals surface area contributed by atoms with Gasteiger partial charge in [-0.3, -0.25) is 0 Å². The third-order valence-corrected chi connectivity index (χ3v) is 6.62. The van der Waals surface area contributed by atoms with Gasteiger partial charge in [-0.05, 0) is 31.2 Å². The number of aromatic nitrogens is 2. The van der Waals surface area contributed by atoms with Gasteiger partial charge in [0, 0.05) is 28.9 Å². The summed E-state index contributed by atoms with van der Waals surface area (Å²) in [6, 6.07) is 12.5. The number of aryl methyl sites for hydroxylation is 1. The van der Waals surface area contributed by atoms with E-state index in [1.54, 1.807) is 24.3 Å². The molecule has 29 heavy (non-hydrogen) atoms. The van der Waals surface area contributed by atoms with Gasteiger partial charge in [-0.2, -0.15) is 0 Å². The van der Waals surface area contributed by atoms with E-state index >= 15 is 0 Å². The number of rotatable bonds is 4. The Morgan fingerprint density at radius 3 is 2.48 bits per heavy atom. The topological polar surface area (TPSA) is 61.2 Å². The third-order valence-electron chi connectivity index (χ3n) is 4.64. The second kappa shape index (κ2) is 7.17. The second-order valence-electron chi connectivity index (χ2n) is 6.47. The van der Waals surface area contributed by atoms with Gasteiger partial charge in [-0.1, -0.05) is 41.4 Å². The SMILES string of the molecule is COc1c(F)cccc1-c1cn(S(=O)(=O)c2ccc(C)cc2)c2nccc(Cl)c12. The fourth-order valence-electron chi connectivity index (χ4n) is 3.23. The van der Waals surface area contributed by atoms with E-state index in [1.165, 1.54) is 43.8 Å². The quantitative estimate of drug-likeness (QED) is 0.454. The molecule has 0 spiro atoms. The van der Waals surface area contributed by atoms with E-state index in [4.69, 9.17) is 16.3 Å².